The van der Waals surface area contributed by atoms with Crippen LogP contribution in [0.25, 0.3) is 0 Å². The van der Waals surface area contributed by atoms with Crippen molar-refractivity contribution in [2.24, 2.45) is 34.6 Å². The molecule has 4 atom stereocenters. The summed E-state index contributed by atoms with van der Waals surface area (Å²) in [6.07, 6.45) is 6.40. The maximum Gasteiger partial charge on any atom is 0.157 e. The van der Waals surface area contributed by atoms with Gasteiger partial charge >= 0.3 is 0 Å². The van der Waals surface area contributed by atoms with Crippen molar-refractivity contribution in [1.82, 2.24) is 0 Å². The van der Waals surface area contributed by atoms with E-state index in [1.54, 1.807) is 0 Å². The molecule has 0 radical (unpaired) electrons. The van der Waals surface area contributed by atoms with Crippen molar-refractivity contribution < 1.29 is 4.79 Å². The van der Waals surface area contributed by atoms with Crippen molar-refractivity contribution in [3.05, 3.63) is 35.9 Å². The first-order chi connectivity index (χ1) is 10.6. The highest BCUT2D eigenvalue weighted by molar-refractivity contribution is 5.91. The lowest BCUT2D eigenvalue weighted by atomic mass is 9.46. The van der Waals surface area contributed by atoms with E-state index in [-0.39, 0.29) is 17.2 Å². The van der Waals surface area contributed by atoms with Crippen LogP contribution >= 0.6 is 0 Å². The molecule has 3 nitrogen and oxygen atoms in total. The molecule has 3 unspecified atom stereocenters. The predicted molar refractivity (Wildman–Crippen MR) is 87.1 cm³/mol. The molecule has 0 heterocycles. The lowest BCUT2D eigenvalue weighted by Crippen LogP contribution is -2.65. The number of benzene rings is 1. The molecule has 1 aromatic carbocycles. The molecule has 0 amide bonds. The first kappa shape index (κ1) is 14.4. The van der Waals surface area contributed by atoms with E-state index in [1.165, 1.54) is 19.3 Å². The molecule has 118 valence electrons. The van der Waals surface area contributed by atoms with Crippen LogP contribution in [0.2, 0.25) is 0 Å². The summed E-state index contributed by atoms with van der Waals surface area (Å²) in [7, 11) is 0. The summed E-state index contributed by atoms with van der Waals surface area (Å²) in [5.41, 5.74) is 13.7. The molecule has 22 heavy (non-hydrogen) atoms. The minimum Gasteiger partial charge on any atom is -0.327 e. The highest BCUT2D eigenvalue weighted by Gasteiger charge is 2.59. The molecule has 5 rings (SSSR count). The Bertz CT molecular complexity index is 556. The Morgan fingerprint density at radius 1 is 1.14 bits per heavy atom. The van der Waals surface area contributed by atoms with Crippen molar-refractivity contribution in [3.63, 3.8) is 0 Å². The number of ketones is 1. The van der Waals surface area contributed by atoms with Crippen LogP contribution in [0.4, 0.5) is 0 Å². The Balaban J connectivity index is 1.56. The summed E-state index contributed by atoms with van der Waals surface area (Å²) in [6, 6.07) is 9.72. The number of carbonyl (C=O) groups excluding carboxylic acids is 1. The van der Waals surface area contributed by atoms with Crippen LogP contribution in [-0.2, 0) is 11.2 Å². The minimum absolute atomic E-state index is 0.0367. The predicted octanol–water partition coefficient (Wildman–Crippen LogP) is 2.28. The zero-order chi connectivity index (χ0) is 15.3. The number of Topliss-reactive ketones (excluding diaryl/α,β-unsaturated/α-hetero) is 1. The molecule has 0 aromatic heterocycles. The Labute approximate surface area is 132 Å². The van der Waals surface area contributed by atoms with Gasteiger partial charge in [0.2, 0.25) is 0 Å². The fourth-order valence-corrected chi connectivity index (χ4v) is 5.78. The number of hydrogen-bond acceptors (Lipinski definition) is 3. The summed E-state index contributed by atoms with van der Waals surface area (Å²) in [5.74, 6) is 2.22. The molecule has 0 aliphatic heterocycles. The smallest absolute Gasteiger partial charge is 0.157 e. The van der Waals surface area contributed by atoms with Gasteiger partial charge < -0.3 is 11.5 Å². The van der Waals surface area contributed by atoms with E-state index in [4.69, 9.17) is 11.5 Å². The van der Waals surface area contributed by atoms with Gasteiger partial charge in [-0.1, -0.05) is 30.3 Å². The normalized spacial score (nSPS) is 40.6. The van der Waals surface area contributed by atoms with Gasteiger partial charge in [-0.15, -0.1) is 0 Å². The van der Waals surface area contributed by atoms with E-state index >= 15 is 0 Å². The van der Waals surface area contributed by atoms with Crippen LogP contribution in [0.1, 0.15) is 37.7 Å². The zero-order valence-corrected chi connectivity index (χ0v) is 13.1. The summed E-state index contributed by atoms with van der Waals surface area (Å²) < 4.78 is 0. The zero-order valence-electron chi connectivity index (χ0n) is 13.1. The lowest BCUT2D eigenvalue weighted by molar-refractivity contribution is -0.148. The van der Waals surface area contributed by atoms with E-state index in [0.29, 0.717) is 24.2 Å². The van der Waals surface area contributed by atoms with E-state index in [2.05, 4.69) is 0 Å². The largest absolute Gasteiger partial charge is 0.327 e. The Morgan fingerprint density at radius 3 is 2.41 bits per heavy atom. The van der Waals surface area contributed by atoms with Gasteiger partial charge in [0, 0.05) is 11.5 Å². The number of nitrogens with two attached hydrogens (primary N) is 2. The Kier molecular flexibility index (Phi) is 3.39. The van der Waals surface area contributed by atoms with Crippen LogP contribution in [0.5, 0.6) is 0 Å². The molecule has 4 aliphatic rings. The van der Waals surface area contributed by atoms with Gasteiger partial charge in [-0.3, -0.25) is 4.79 Å². The van der Waals surface area contributed by atoms with Crippen LogP contribution in [0.3, 0.4) is 0 Å². The van der Waals surface area contributed by atoms with Crippen molar-refractivity contribution in [2.75, 3.05) is 0 Å². The average Bonchev–Trinajstić information content (AvgIpc) is 2.52. The monoisotopic (exact) mass is 298 g/mol. The van der Waals surface area contributed by atoms with Gasteiger partial charge in [0.15, 0.2) is 5.78 Å². The van der Waals surface area contributed by atoms with Gasteiger partial charge in [0.05, 0.1) is 6.04 Å². The van der Waals surface area contributed by atoms with Crippen molar-refractivity contribution >= 4 is 5.78 Å². The molecule has 3 heteroatoms. The fourth-order valence-electron chi connectivity index (χ4n) is 5.78. The standard InChI is InChI=1S/C19H26N2O/c20-16(9-12-4-2-1-3-5-12)18(22)19-10-13-6-14(11-19)8-15(7-13)17(19)21/h1-5,13-17H,6-11,20-21H2/t13?,14?,15?,16-,17?,19?/m0/s1. The van der Waals surface area contributed by atoms with Gasteiger partial charge in [0.1, 0.15) is 0 Å². The van der Waals surface area contributed by atoms with Gasteiger partial charge in [-0.05, 0) is 61.8 Å². The third-order valence-electron chi connectivity index (χ3n) is 6.52. The summed E-state index contributed by atoms with van der Waals surface area (Å²) in [5, 5.41) is 0. The molecular formula is C19H26N2O. The third kappa shape index (κ3) is 2.14. The lowest BCUT2D eigenvalue weighted by Gasteiger charge is -2.59. The van der Waals surface area contributed by atoms with Crippen LogP contribution in [-0.4, -0.2) is 17.9 Å². The maximum atomic E-state index is 13.2. The molecular weight excluding hydrogens is 272 g/mol. The van der Waals surface area contributed by atoms with E-state index in [0.717, 1.165) is 18.4 Å². The summed E-state index contributed by atoms with van der Waals surface area (Å²) >= 11 is 0. The highest BCUT2D eigenvalue weighted by atomic mass is 16.1. The quantitative estimate of drug-likeness (QED) is 0.896. The summed E-state index contributed by atoms with van der Waals surface area (Å²) in [4.78, 5) is 13.2. The molecule has 4 aliphatic carbocycles. The van der Waals surface area contributed by atoms with Crippen LogP contribution < -0.4 is 11.5 Å². The molecule has 4 saturated carbocycles. The minimum atomic E-state index is -0.412. The first-order valence-corrected chi connectivity index (χ1v) is 8.68. The number of rotatable bonds is 4. The number of carbonyl (C=O) groups is 1. The van der Waals surface area contributed by atoms with Gasteiger partial charge in [-0.2, -0.15) is 0 Å². The second kappa shape index (κ2) is 5.17. The van der Waals surface area contributed by atoms with Crippen molar-refractivity contribution in [3.8, 4) is 0 Å². The second-order valence-electron chi connectivity index (χ2n) is 7.95. The fraction of sp³-hybridized carbons (Fsp3) is 0.632. The first-order valence-electron chi connectivity index (χ1n) is 8.68. The number of hydrogen-bond donors (Lipinski definition) is 2. The SMILES string of the molecule is NC1C2CC3CC(C2)CC1(C(=O)[C@@H](N)Cc1ccccc1)C3. The molecule has 4 bridgehead atoms. The Morgan fingerprint density at radius 2 is 1.77 bits per heavy atom. The Hall–Kier alpha value is -1.19. The summed E-state index contributed by atoms with van der Waals surface area (Å²) in [6.45, 7) is 0. The molecule has 0 saturated heterocycles. The van der Waals surface area contributed by atoms with Gasteiger partial charge in [-0.25, -0.2) is 0 Å². The molecule has 1 aromatic rings. The average molecular weight is 298 g/mol. The van der Waals surface area contributed by atoms with E-state index in [1.807, 2.05) is 30.3 Å². The van der Waals surface area contributed by atoms with E-state index < -0.39 is 6.04 Å². The van der Waals surface area contributed by atoms with Gasteiger partial charge in [0.25, 0.3) is 0 Å². The van der Waals surface area contributed by atoms with Crippen LogP contribution in [0, 0.1) is 23.2 Å². The molecule has 0 spiro atoms. The topological polar surface area (TPSA) is 69.1 Å². The van der Waals surface area contributed by atoms with E-state index in [9.17, 15) is 4.79 Å². The van der Waals surface area contributed by atoms with Crippen molar-refractivity contribution in [1.29, 1.82) is 0 Å². The van der Waals surface area contributed by atoms with Crippen molar-refractivity contribution in [2.45, 2.75) is 50.6 Å². The second-order valence-corrected chi connectivity index (χ2v) is 7.95. The highest BCUT2D eigenvalue weighted by Crippen LogP contribution is 2.59. The third-order valence-corrected chi connectivity index (χ3v) is 6.52. The van der Waals surface area contributed by atoms with Crippen LogP contribution in [0.15, 0.2) is 30.3 Å². The molecule has 4 fully saturated rings. The molecule has 4 N–H and O–H groups in total. The maximum absolute atomic E-state index is 13.2.